The molecule has 1 unspecified atom stereocenters. The first-order valence-electron chi connectivity index (χ1n) is 10.4. The lowest BCUT2D eigenvalue weighted by Gasteiger charge is -2.35. The monoisotopic (exact) mass is 380 g/mol. The van der Waals surface area contributed by atoms with Crippen molar-refractivity contribution in [3.8, 4) is 5.75 Å². The van der Waals surface area contributed by atoms with Crippen molar-refractivity contribution in [2.45, 2.75) is 45.6 Å². The number of hydrogen-bond acceptors (Lipinski definition) is 3. The minimum absolute atomic E-state index is 0.0679. The van der Waals surface area contributed by atoms with Gasteiger partial charge in [0.25, 0.3) is 0 Å². The summed E-state index contributed by atoms with van der Waals surface area (Å²) in [4.78, 5) is 15.1. The van der Waals surface area contributed by atoms with Gasteiger partial charge in [-0.1, -0.05) is 48.4 Å². The SMILES string of the molecule is CCOc1ccc(CC(=O)NCC(c2ccc(C)cc2)N2CCCCC2)cc1. The van der Waals surface area contributed by atoms with Gasteiger partial charge < -0.3 is 10.1 Å². The van der Waals surface area contributed by atoms with E-state index in [4.69, 9.17) is 4.74 Å². The molecule has 1 heterocycles. The Kier molecular flexibility index (Phi) is 7.49. The van der Waals surface area contributed by atoms with Gasteiger partial charge in [0.05, 0.1) is 19.1 Å². The normalized spacial score (nSPS) is 15.8. The van der Waals surface area contributed by atoms with Gasteiger partial charge in [-0.15, -0.1) is 0 Å². The fourth-order valence-electron chi connectivity index (χ4n) is 3.81. The Bertz CT molecular complexity index is 734. The Morgan fingerprint density at radius 1 is 1.04 bits per heavy atom. The Hall–Kier alpha value is -2.33. The largest absolute Gasteiger partial charge is 0.494 e. The van der Waals surface area contributed by atoms with Crippen molar-refractivity contribution in [1.29, 1.82) is 0 Å². The average molecular weight is 381 g/mol. The highest BCUT2D eigenvalue weighted by Crippen LogP contribution is 2.24. The highest BCUT2D eigenvalue weighted by Gasteiger charge is 2.22. The smallest absolute Gasteiger partial charge is 0.224 e. The van der Waals surface area contributed by atoms with Crippen molar-refractivity contribution in [3.05, 3.63) is 65.2 Å². The van der Waals surface area contributed by atoms with Crippen LogP contribution in [0.1, 0.15) is 48.9 Å². The van der Waals surface area contributed by atoms with Crippen LogP contribution < -0.4 is 10.1 Å². The van der Waals surface area contributed by atoms with Crippen LogP contribution in [0.2, 0.25) is 0 Å². The molecule has 4 heteroatoms. The maximum absolute atomic E-state index is 12.5. The van der Waals surface area contributed by atoms with E-state index in [1.807, 2.05) is 31.2 Å². The quantitative estimate of drug-likeness (QED) is 0.743. The molecule has 1 saturated heterocycles. The van der Waals surface area contributed by atoms with Crippen LogP contribution in [0.3, 0.4) is 0 Å². The van der Waals surface area contributed by atoms with Crippen molar-refractivity contribution < 1.29 is 9.53 Å². The van der Waals surface area contributed by atoms with Crippen LogP contribution in [0, 0.1) is 6.92 Å². The summed E-state index contributed by atoms with van der Waals surface area (Å²) in [6.07, 6.45) is 4.18. The predicted octanol–water partition coefficient (Wildman–Crippen LogP) is 4.28. The second kappa shape index (κ2) is 10.3. The highest BCUT2D eigenvalue weighted by molar-refractivity contribution is 5.78. The third-order valence-corrected chi connectivity index (χ3v) is 5.39. The van der Waals surface area contributed by atoms with Gasteiger partial charge in [-0.05, 0) is 63.0 Å². The van der Waals surface area contributed by atoms with Crippen LogP contribution in [0.25, 0.3) is 0 Å². The third kappa shape index (κ3) is 5.83. The molecule has 1 aliphatic rings. The number of likely N-dealkylation sites (tertiary alicyclic amines) is 1. The average Bonchev–Trinajstić information content (AvgIpc) is 2.72. The molecule has 1 aliphatic heterocycles. The van der Waals surface area contributed by atoms with E-state index in [1.165, 1.54) is 30.4 Å². The van der Waals surface area contributed by atoms with E-state index in [0.29, 0.717) is 19.6 Å². The summed E-state index contributed by atoms with van der Waals surface area (Å²) in [6.45, 7) is 7.59. The summed E-state index contributed by atoms with van der Waals surface area (Å²) in [5.74, 6) is 0.912. The third-order valence-electron chi connectivity index (χ3n) is 5.39. The molecule has 0 aromatic heterocycles. The molecular formula is C24H32N2O2. The van der Waals surface area contributed by atoms with Crippen molar-refractivity contribution >= 4 is 5.91 Å². The Morgan fingerprint density at radius 3 is 2.36 bits per heavy atom. The topological polar surface area (TPSA) is 41.6 Å². The molecule has 0 bridgehead atoms. The molecule has 4 nitrogen and oxygen atoms in total. The maximum Gasteiger partial charge on any atom is 0.224 e. The fraction of sp³-hybridized carbons (Fsp3) is 0.458. The van der Waals surface area contributed by atoms with Gasteiger partial charge in [0.1, 0.15) is 5.75 Å². The Balaban J connectivity index is 1.60. The van der Waals surface area contributed by atoms with Gasteiger partial charge in [0, 0.05) is 6.54 Å². The van der Waals surface area contributed by atoms with Gasteiger partial charge >= 0.3 is 0 Å². The molecule has 1 amide bonds. The van der Waals surface area contributed by atoms with Crippen molar-refractivity contribution in [2.75, 3.05) is 26.2 Å². The lowest BCUT2D eigenvalue weighted by molar-refractivity contribution is -0.120. The van der Waals surface area contributed by atoms with Crippen molar-refractivity contribution in [1.82, 2.24) is 10.2 Å². The lowest BCUT2D eigenvalue weighted by Crippen LogP contribution is -2.41. The van der Waals surface area contributed by atoms with E-state index in [0.717, 1.165) is 24.4 Å². The lowest BCUT2D eigenvalue weighted by atomic mass is 10.0. The van der Waals surface area contributed by atoms with E-state index < -0.39 is 0 Å². The van der Waals surface area contributed by atoms with E-state index in [1.54, 1.807) is 0 Å². The van der Waals surface area contributed by atoms with Crippen LogP contribution in [0.5, 0.6) is 5.75 Å². The standard InChI is InChI=1S/C24H32N2O2/c1-3-28-22-13-9-20(10-14-22)17-24(27)25-18-23(26-15-5-4-6-16-26)21-11-7-19(2)8-12-21/h7-14,23H,3-6,15-18H2,1-2H3,(H,25,27). The number of hydrogen-bond donors (Lipinski definition) is 1. The van der Waals surface area contributed by atoms with Gasteiger partial charge in [0.15, 0.2) is 0 Å². The summed E-state index contributed by atoms with van der Waals surface area (Å²) in [5.41, 5.74) is 3.56. The van der Waals surface area contributed by atoms with Gasteiger partial charge in [-0.3, -0.25) is 9.69 Å². The zero-order valence-electron chi connectivity index (χ0n) is 17.1. The molecule has 150 valence electrons. The molecule has 2 aromatic rings. The van der Waals surface area contributed by atoms with Crippen LogP contribution in [-0.2, 0) is 11.2 Å². The molecule has 0 radical (unpaired) electrons. The number of nitrogens with one attached hydrogen (secondary N) is 1. The van der Waals surface area contributed by atoms with E-state index >= 15 is 0 Å². The highest BCUT2D eigenvalue weighted by atomic mass is 16.5. The van der Waals surface area contributed by atoms with E-state index in [9.17, 15) is 4.79 Å². The predicted molar refractivity (Wildman–Crippen MR) is 114 cm³/mol. The first kappa shape index (κ1) is 20.4. The second-order valence-corrected chi connectivity index (χ2v) is 7.58. The summed E-state index contributed by atoms with van der Waals surface area (Å²) >= 11 is 0. The molecule has 1 N–H and O–H groups in total. The maximum atomic E-state index is 12.5. The van der Waals surface area contributed by atoms with Gasteiger partial charge in [0.2, 0.25) is 5.91 Å². The van der Waals surface area contributed by atoms with Crippen molar-refractivity contribution in [2.24, 2.45) is 0 Å². The molecule has 1 atom stereocenters. The summed E-state index contributed by atoms with van der Waals surface area (Å²) in [6, 6.07) is 16.7. The molecule has 2 aromatic carbocycles. The number of carbonyl (C=O) groups is 1. The number of ether oxygens (including phenoxy) is 1. The minimum Gasteiger partial charge on any atom is -0.494 e. The van der Waals surface area contributed by atoms with Crippen LogP contribution >= 0.6 is 0 Å². The first-order chi connectivity index (χ1) is 13.7. The summed E-state index contributed by atoms with van der Waals surface area (Å²) in [5, 5.41) is 3.17. The Morgan fingerprint density at radius 2 is 1.71 bits per heavy atom. The number of amides is 1. The number of piperidine rings is 1. The molecule has 28 heavy (non-hydrogen) atoms. The molecule has 1 fully saturated rings. The second-order valence-electron chi connectivity index (χ2n) is 7.58. The minimum atomic E-state index is 0.0679. The van der Waals surface area contributed by atoms with Gasteiger partial charge in [-0.25, -0.2) is 0 Å². The number of rotatable bonds is 8. The molecule has 0 aliphatic carbocycles. The van der Waals surface area contributed by atoms with Crippen LogP contribution in [0.4, 0.5) is 0 Å². The Labute approximate surface area is 168 Å². The first-order valence-corrected chi connectivity index (χ1v) is 10.4. The molecular weight excluding hydrogens is 348 g/mol. The van der Waals surface area contributed by atoms with Gasteiger partial charge in [-0.2, -0.15) is 0 Å². The van der Waals surface area contributed by atoms with Crippen molar-refractivity contribution in [3.63, 3.8) is 0 Å². The van der Waals surface area contributed by atoms with E-state index in [-0.39, 0.29) is 11.9 Å². The molecule has 0 spiro atoms. The summed E-state index contributed by atoms with van der Waals surface area (Å²) < 4.78 is 5.46. The van der Waals surface area contributed by atoms with E-state index in [2.05, 4.69) is 41.4 Å². The van der Waals surface area contributed by atoms with Crippen LogP contribution in [-0.4, -0.2) is 37.0 Å². The molecule has 0 saturated carbocycles. The number of carbonyl (C=O) groups excluding carboxylic acids is 1. The number of benzene rings is 2. The molecule has 3 rings (SSSR count). The zero-order valence-corrected chi connectivity index (χ0v) is 17.1. The van der Waals surface area contributed by atoms with Crippen LogP contribution in [0.15, 0.2) is 48.5 Å². The number of nitrogens with zero attached hydrogens (tertiary/aromatic N) is 1. The fourth-order valence-corrected chi connectivity index (χ4v) is 3.81. The summed E-state index contributed by atoms with van der Waals surface area (Å²) in [7, 11) is 0. The zero-order chi connectivity index (χ0) is 19.8. The number of aryl methyl sites for hydroxylation is 1.